The maximum atomic E-state index is 14.4. The summed E-state index contributed by atoms with van der Waals surface area (Å²) in [6.45, 7) is 5.73. The van der Waals surface area contributed by atoms with E-state index in [2.05, 4.69) is 28.2 Å². The predicted octanol–water partition coefficient (Wildman–Crippen LogP) is 4.31. The van der Waals surface area contributed by atoms with Crippen molar-refractivity contribution in [3.8, 4) is 5.75 Å². The van der Waals surface area contributed by atoms with E-state index in [1.54, 1.807) is 12.1 Å². The van der Waals surface area contributed by atoms with Crippen molar-refractivity contribution < 1.29 is 9.50 Å². The number of benzene rings is 2. The molecule has 4 rings (SSSR count). The quantitative estimate of drug-likeness (QED) is 0.693. The van der Waals surface area contributed by atoms with Crippen molar-refractivity contribution in [3.05, 3.63) is 65.0 Å². The number of halogens is 1. The molecule has 2 N–H and O–H groups in total. The van der Waals surface area contributed by atoms with Crippen LogP contribution < -0.4 is 5.32 Å². The lowest BCUT2D eigenvalue weighted by Gasteiger charge is -2.39. The van der Waals surface area contributed by atoms with Gasteiger partial charge in [-0.15, -0.1) is 0 Å². The first-order chi connectivity index (χ1) is 15.0. The largest absolute Gasteiger partial charge is 0.508 e. The molecule has 1 saturated carbocycles. The van der Waals surface area contributed by atoms with E-state index < -0.39 is 0 Å². The zero-order valence-corrected chi connectivity index (χ0v) is 18.7. The first-order valence-corrected chi connectivity index (χ1v) is 11.7. The van der Waals surface area contributed by atoms with Crippen LogP contribution in [0.2, 0.25) is 0 Å². The highest BCUT2D eigenvalue weighted by atomic mass is 19.1. The number of phenolic OH excluding ortho intramolecular Hbond substituents is 1. The van der Waals surface area contributed by atoms with Crippen molar-refractivity contribution in [2.75, 3.05) is 33.2 Å². The monoisotopic (exact) mass is 425 g/mol. The summed E-state index contributed by atoms with van der Waals surface area (Å²) in [5, 5.41) is 14.2. The van der Waals surface area contributed by atoms with Crippen molar-refractivity contribution in [2.24, 2.45) is 0 Å². The lowest BCUT2D eigenvalue weighted by Crippen LogP contribution is -2.48. The lowest BCUT2D eigenvalue weighted by molar-refractivity contribution is 0.147. The van der Waals surface area contributed by atoms with Gasteiger partial charge in [0.05, 0.1) is 0 Å². The third kappa shape index (κ3) is 5.85. The van der Waals surface area contributed by atoms with E-state index in [1.807, 2.05) is 24.3 Å². The van der Waals surface area contributed by atoms with Gasteiger partial charge in [0.15, 0.2) is 0 Å². The van der Waals surface area contributed by atoms with E-state index in [0.29, 0.717) is 5.75 Å². The van der Waals surface area contributed by atoms with E-state index in [1.165, 1.54) is 24.8 Å². The lowest BCUT2D eigenvalue weighted by atomic mass is 9.77. The molecular formula is C26H36FN3O. The van der Waals surface area contributed by atoms with Crippen LogP contribution in [-0.4, -0.2) is 53.7 Å². The van der Waals surface area contributed by atoms with Gasteiger partial charge in [-0.2, -0.15) is 0 Å². The molecule has 0 radical (unpaired) electrons. The second-order valence-electron chi connectivity index (χ2n) is 9.51. The summed E-state index contributed by atoms with van der Waals surface area (Å²) in [6, 6.07) is 13.2. The van der Waals surface area contributed by atoms with Crippen molar-refractivity contribution in [1.29, 1.82) is 0 Å². The molecule has 0 unspecified atom stereocenters. The molecule has 0 aromatic heterocycles. The van der Waals surface area contributed by atoms with E-state index in [-0.39, 0.29) is 11.4 Å². The van der Waals surface area contributed by atoms with Gasteiger partial charge in [-0.3, -0.25) is 4.90 Å². The Hall–Kier alpha value is -1.95. The molecule has 2 aromatic rings. The molecule has 5 heteroatoms. The Labute approximate surface area is 186 Å². The molecule has 1 aliphatic heterocycles. The molecule has 2 aliphatic rings. The van der Waals surface area contributed by atoms with Gasteiger partial charge in [-0.25, -0.2) is 4.39 Å². The van der Waals surface area contributed by atoms with Crippen LogP contribution in [0.5, 0.6) is 5.75 Å². The maximum Gasteiger partial charge on any atom is 0.126 e. The van der Waals surface area contributed by atoms with Crippen LogP contribution in [0.15, 0.2) is 42.5 Å². The van der Waals surface area contributed by atoms with Gasteiger partial charge in [0.2, 0.25) is 0 Å². The Morgan fingerprint density at radius 2 is 1.71 bits per heavy atom. The minimum atomic E-state index is -0.103. The second kappa shape index (κ2) is 10.1. The van der Waals surface area contributed by atoms with Crippen LogP contribution >= 0.6 is 0 Å². The van der Waals surface area contributed by atoms with Crippen molar-refractivity contribution in [2.45, 2.75) is 57.2 Å². The Kier molecular flexibility index (Phi) is 7.26. The Bertz CT molecular complexity index is 857. The molecule has 168 valence electrons. The molecule has 2 aromatic carbocycles. The Morgan fingerprint density at radius 1 is 0.968 bits per heavy atom. The predicted molar refractivity (Wildman–Crippen MR) is 124 cm³/mol. The highest BCUT2D eigenvalue weighted by molar-refractivity contribution is 5.36. The summed E-state index contributed by atoms with van der Waals surface area (Å²) in [4.78, 5) is 4.75. The van der Waals surface area contributed by atoms with E-state index in [9.17, 15) is 9.50 Å². The van der Waals surface area contributed by atoms with Gasteiger partial charge in [-0.1, -0.05) is 43.5 Å². The number of nitrogens with one attached hydrogen (secondary N) is 1. The minimum absolute atomic E-state index is 0.0596. The van der Waals surface area contributed by atoms with Crippen LogP contribution in [0.1, 0.15) is 48.8 Å². The molecule has 0 atom stereocenters. The van der Waals surface area contributed by atoms with Gasteiger partial charge in [0, 0.05) is 50.4 Å². The molecule has 4 nitrogen and oxygen atoms in total. The summed E-state index contributed by atoms with van der Waals surface area (Å²) < 4.78 is 14.4. The zero-order chi connectivity index (χ0) is 21.7. The fourth-order valence-corrected chi connectivity index (χ4v) is 5.06. The van der Waals surface area contributed by atoms with Crippen LogP contribution in [0, 0.1) is 5.82 Å². The number of hydrogen-bond acceptors (Lipinski definition) is 4. The van der Waals surface area contributed by atoms with Crippen molar-refractivity contribution in [1.82, 2.24) is 15.1 Å². The molecule has 0 amide bonds. The van der Waals surface area contributed by atoms with Gasteiger partial charge < -0.3 is 15.3 Å². The van der Waals surface area contributed by atoms with E-state index >= 15 is 0 Å². The highest BCUT2D eigenvalue weighted by Crippen LogP contribution is 2.33. The molecular weight excluding hydrogens is 389 g/mol. The maximum absolute atomic E-state index is 14.4. The summed E-state index contributed by atoms with van der Waals surface area (Å²) in [5.41, 5.74) is 2.92. The van der Waals surface area contributed by atoms with Gasteiger partial charge in [0.1, 0.15) is 11.6 Å². The van der Waals surface area contributed by atoms with E-state index in [4.69, 9.17) is 0 Å². The van der Waals surface area contributed by atoms with Crippen LogP contribution in [0.4, 0.5) is 4.39 Å². The second-order valence-corrected chi connectivity index (χ2v) is 9.51. The molecule has 1 saturated heterocycles. The average Bonchev–Trinajstić information content (AvgIpc) is 2.78. The number of phenols is 1. The zero-order valence-electron chi connectivity index (χ0n) is 18.7. The molecule has 1 heterocycles. The third-order valence-electron chi connectivity index (χ3n) is 7.10. The topological polar surface area (TPSA) is 38.7 Å². The fourth-order valence-electron chi connectivity index (χ4n) is 5.06. The number of aromatic hydroxyl groups is 1. The summed E-state index contributed by atoms with van der Waals surface area (Å²) in [5.74, 6) is 0.273. The fraction of sp³-hybridized carbons (Fsp3) is 0.538. The molecule has 31 heavy (non-hydrogen) atoms. The number of likely N-dealkylation sites (N-methyl/N-ethyl adjacent to an activating group) is 1. The van der Waals surface area contributed by atoms with Crippen LogP contribution in [-0.2, 0) is 19.5 Å². The number of nitrogens with zero attached hydrogens (tertiary/aromatic N) is 2. The average molecular weight is 426 g/mol. The minimum Gasteiger partial charge on any atom is -0.508 e. The SMILES string of the molecule is CN1CCN(Cc2cc(CNC3(Cc4ccccc4F)CCCCC3)ccc2O)CC1. The number of rotatable bonds is 7. The van der Waals surface area contributed by atoms with Crippen LogP contribution in [0.25, 0.3) is 0 Å². The van der Waals surface area contributed by atoms with E-state index in [0.717, 1.165) is 69.7 Å². The molecule has 0 spiro atoms. The van der Waals surface area contributed by atoms with Gasteiger partial charge in [-0.05, 0) is 55.6 Å². The molecule has 1 aliphatic carbocycles. The summed E-state index contributed by atoms with van der Waals surface area (Å²) >= 11 is 0. The number of hydrogen-bond donors (Lipinski definition) is 2. The standard InChI is InChI=1S/C26H36FN3O/c1-29-13-15-30(16-14-29)20-23-17-21(9-10-25(23)31)19-28-26(11-5-2-6-12-26)18-22-7-3-4-8-24(22)27/h3-4,7-10,17,28,31H,2,5-6,11-16,18-20H2,1H3. The first kappa shape index (κ1) is 22.3. The smallest absolute Gasteiger partial charge is 0.126 e. The summed E-state index contributed by atoms with van der Waals surface area (Å²) in [6.07, 6.45) is 6.51. The third-order valence-corrected chi connectivity index (χ3v) is 7.10. The van der Waals surface area contributed by atoms with Gasteiger partial charge >= 0.3 is 0 Å². The molecule has 0 bridgehead atoms. The Morgan fingerprint density at radius 3 is 2.45 bits per heavy atom. The van der Waals surface area contributed by atoms with Crippen LogP contribution in [0.3, 0.4) is 0 Å². The first-order valence-electron chi connectivity index (χ1n) is 11.7. The normalized spacial score (nSPS) is 20.1. The Balaban J connectivity index is 1.44. The van der Waals surface area contributed by atoms with Crippen molar-refractivity contribution in [3.63, 3.8) is 0 Å². The summed E-state index contributed by atoms with van der Waals surface area (Å²) in [7, 11) is 2.16. The molecule has 2 fully saturated rings. The number of piperazine rings is 1. The van der Waals surface area contributed by atoms with Gasteiger partial charge in [0.25, 0.3) is 0 Å². The highest BCUT2D eigenvalue weighted by Gasteiger charge is 2.32. The van der Waals surface area contributed by atoms with Crippen molar-refractivity contribution >= 4 is 0 Å².